The molecule has 0 saturated heterocycles. The number of nitrogens with one attached hydrogen (secondary N) is 1. The Balaban J connectivity index is 2.83. The van der Waals surface area contributed by atoms with Crippen molar-refractivity contribution in [2.75, 3.05) is 5.88 Å². The van der Waals surface area contributed by atoms with Crippen LogP contribution in [-0.2, 0) is 11.0 Å². The van der Waals surface area contributed by atoms with Gasteiger partial charge < -0.3 is 0 Å². The second kappa shape index (κ2) is 6.90. The molecule has 18 heavy (non-hydrogen) atoms. The average molecular weight is 308 g/mol. The lowest BCUT2D eigenvalue weighted by molar-refractivity contribution is 0.590. The molecule has 2 nitrogen and oxygen atoms in total. The van der Waals surface area contributed by atoms with Crippen LogP contribution < -0.4 is 4.72 Å². The molecule has 0 aliphatic rings. The highest BCUT2D eigenvalue weighted by Crippen LogP contribution is 2.22. The number of alkyl halides is 1. The summed E-state index contributed by atoms with van der Waals surface area (Å²) in [7, 11) is -1.12. The van der Waals surface area contributed by atoms with Crippen LogP contribution in [0.25, 0.3) is 0 Å². The van der Waals surface area contributed by atoms with E-state index in [2.05, 4.69) is 4.72 Å². The molecule has 0 aliphatic carbocycles. The Morgan fingerprint density at radius 3 is 2.28 bits per heavy atom. The van der Waals surface area contributed by atoms with Crippen LogP contribution in [0, 0.1) is 0 Å². The van der Waals surface area contributed by atoms with Crippen molar-refractivity contribution in [2.45, 2.75) is 38.0 Å². The summed E-state index contributed by atoms with van der Waals surface area (Å²) in [5.41, 5.74) is 1.05. The van der Waals surface area contributed by atoms with Crippen LogP contribution in [0.1, 0.15) is 38.8 Å². The number of rotatable bonds is 5. The lowest BCUT2D eigenvalue weighted by Crippen LogP contribution is -2.35. The molecule has 1 aromatic carbocycles. The predicted molar refractivity (Wildman–Crippen MR) is 80.6 cm³/mol. The first kappa shape index (κ1) is 16.0. The van der Waals surface area contributed by atoms with E-state index in [0.717, 1.165) is 12.0 Å². The van der Waals surface area contributed by atoms with Gasteiger partial charge in [-0.25, -0.2) is 8.93 Å². The number of hydrogen-bond acceptors (Lipinski definition) is 1. The van der Waals surface area contributed by atoms with E-state index >= 15 is 0 Å². The highest BCUT2D eigenvalue weighted by atomic mass is 35.5. The summed E-state index contributed by atoms with van der Waals surface area (Å²) in [6.45, 7) is 5.82. The molecule has 0 aliphatic heterocycles. The molecule has 5 heteroatoms. The fraction of sp³-hybridized carbons (Fsp3) is 0.538. The quantitative estimate of drug-likeness (QED) is 0.817. The van der Waals surface area contributed by atoms with Crippen molar-refractivity contribution >= 4 is 34.2 Å². The summed E-state index contributed by atoms with van der Waals surface area (Å²) in [6, 6.07) is 7.53. The van der Waals surface area contributed by atoms with Crippen molar-refractivity contribution in [2.24, 2.45) is 0 Å². The molecule has 102 valence electrons. The largest absolute Gasteiger partial charge is 0.242 e. The second-order valence-corrected chi connectivity index (χ2v) is 7.89. The second-order valence-electron chi connectivity index (χ2n) is 5.08. The fourth-order valence-corrected chi connectivity index (χ4v) is 2.61. The van der Waals surface area contributed by atoms with Gasteiger partial charge in [-0.3, -0.25) is 0 Å². The highest BCUT2D eigenvalue weighted by Gasteiger charge is 2.23. The molecular weight excluding hydrogens is 289 g/mol. The number of halogens is 2. The van der Waals surface area contributed by atoms with Crippen molar-refractivity contribution in [1.82, 2.24) is 4.72 Å². The van der Waals surface area contributed by atoms with Gasteiger partial charge in [-0.2, -0.15) is 0 Å². The van der Waals surface area contributed by atoms with Gasteiger partial charge in [0, 0.05) is 16.9 Å². The van der Waals surface area contributed by atoms with Crippen LogP contribution in [0.5, 0.6) is 0 Å². The van der Waals surface area contributed by atoms with E-state index in [0.29, 0.717) is 10.9 Å². The lowest BCUT2D eigenvalue weighted by atomic mass is 10.1. The molecule has 0 fully saturated rings. The van der Waals surface area contributed by atoms with E-state index in [1.165, 1.54) is 0 Å². The van der Waals surface area contributed by atoms with E-state index in [9.17, 15) is 4.21 Å². The van der Waals surface area contributed by atoms with Gasteiger partial charge >= 0.3 is 0 Å². The van der Waals surface area contributed by atoms with Crippen LogP contribution in [0.2, 0.25) is 5.02 Å². The Morgan fingerprint density at radius 1 is 1.28 bits per heavy atom. The molecule has 0 saturated carbocycles. The van der Waals surface area contributed by atoms with E-state index in [4.69, 9.17) is 23.2 Å². The minimum atomic E-state index is -1.12. The first-order valence-corrected chi connectivity index (χ1v) is 7.90. The van der Waals surface area contributed by atoms with Gasteiger partial charge in [0.1, 0.15) is 0 Å². The molecule has 0 bridgehead atoms. The topological polar surface area (TPSA) is 29.1 Å². The summed E-state index contributed by atoms with van der Waals surface area (Å²) in [4.78, 5) is 0. The third-order valence-corrected chi connectivity index (χ3v) is 4.56. The molecule has 0 spiro atoms. The molecule has 0 unspecified atom stereocenters. The molecule has 0 heterocycles. The zero-order valence-electron chi connectivity index (χ0n) is 10.9. The maximum atomic E-state index is 12.1. The minimum Gasteiger partial charge on any atom is -0.242 e. The van der Waals surface area contributed by atoms with Crippen LogP contribution >= 0.6 is 23.2 Å². The Morgan fingerprint density at radius 2 is 1.83 bits per heavy atom. The van der Waals surface area contributed by atoms with E-state index < -0.39 is 11.0 Å². The fourth-order valence-electron chi connectivity index (χ4n) is 1.40. The summed E-state index contributed by atoms with van der Waals surface area (Å²) in [5, 5.41) is 0.695. The molecule has 0 radical (unpaired) electrons. The van der Waals surface area contributed by atoms with Crippen molar-refractivity contribution in [3.8, 4) is 0 Å². The van der Waals surface area contributed by atoms with Gasteiger partial charge in [0.25, 0.3) is 0 Å². The summed E-state index contributed by atoms with van der Waals surface area (Å²) >= 11 is 11.7. The third-order valence-electron chi connectivity index (χ3n) is 2.48. The first-order valence-electron chi connectivity index (χ1n) is 5.84. The molecule has 1 N–H and O–H groups in total. The van der Waals surface area contributed by atoms with Crippen molar-refractivity contribution < 1.29 is 4.21 Å². The SMILES string of the molecule is CC(C)(C)[S@](=O)N[C@H](CCCl)c1ccc(Cl)cc1. The molecular formula is C13H19Cl2NOS. The van der Waals surface area contributed by atoms with Gasteiger partial charge in [-0.1, -0.05) is 23.7 Å². The first-order chi connectivity index (χ1) is 8.34. The summed E-state index contributed by atoms with van der Waals surface area (Å²) < 4.78 is 15.0. The highest BCUT2D eigenvalue weighted by molar-refractivity contribution is 7.84. The lowest BCUT2D eigenvalue weighted by Gasteiger charge is -2.24. The Hall–Kier alpha value is -0.0900. The van der Waals surface area contributed by atoms with E-state index in [1.807, 2.05) is 45.0 Å². The van der Waals surface area contributed by atoms with Gasteiger partial charge in [-0.05, 0) is 44.9 Å². The van der Waals surface area contributed by atoms with Gasteiger partial charge in [0.15, 0.2) is 0 Å². The van der Waals surface area contributed by atoms with Crippen LogP contribution in [0.3, 0.4) is 0 Å². The van der Waals surface area contributed by atoms with Crippen molar-refractivity contribution in [3.63, 3.8) is 0 Å². The molecule has 1 aromatic rings. The van der Waals surface area contributed by atoms with Crippen molar-refractivity contribution in [1.29, 1.82) is 0 Å². The summed E-state index contributed by atoms with van der Waals surface area (Å²) in [5.74, 6) is 0.516. The summed E-state index contributed by atoms with van der Waals surface area (Å²) in [6.07, 6.45) is 0.727. The molecule has 0 amide bonds. The van der Waals surface area contributed by atoms with E-state index in [1.54, 1.807) is 0 Å². The van der Waals surface area contributed by atoms with Crippen LogP contribution in [-0.4, -0.2) is 14.8 Å². The standard InChI is InChI=1S/C13H19Cl2NOS/c1-13(2,3)18(17)16-12(8-9-14)10-4-6-11(15)7-5-10/h4-7,12,16H,8-9H2,1-3H3/t12-,18+/m1/s1. The zero-order chi connectivity index (χ0) is 13.8. The average Bonchev–Trinajstić information content (AvgIpc) is 2.28. The number of hydrogen-bond donors (Lipinski definition) is 1. The van der Waals surface area contributed by atoms with Gasteiger partial charge in [0.2, 0.25) is 0 Å². The van der Waals surface area contributed by atoms with E-state index in [-0.39, 0.29) is 10.8 Å². The number of benzene rings is 1. The van der Waals surface area contributed by atoms with Crippen LogP contribution in [0.4, 0.5) is 0 Å². The van der Waals surface area contributed by atoms with Gasteiger partial charge in [-0.15, -0.1) is 11.6 Å². The normalized spacial score (nSPS) is 15.4. The van der Waals surface area contributed by atoms with Crippen LogP contribution in [0.15, 0.2) is 24.3 Å². The molecule has 0 aromatic heterocycles. The maximum Gasteiger partial charge on any atom is 0.0975 e. The van der Waals surface area contributed by atoms with Crippen molar-refractivity contribution in [3.05, 3.63) is 34.9 Å². The smallest absolute Gasteiger partial charge is 0.0975 e. The Kier molecular flexibility index (Phi) is 6.12. The Labute approximate surface area is 122 Å². The van der Waals surface area contributed by atoms with Gasteiger partial charge in [0.05, 0.1) is 15.7 Å². The predicted octanol–water partition coefficient (Wildman–Crippen LogP) is 4.06. The maximum absolute atomic E-state index is 12.1. The Bertz CT molecular complexity index is 400. The molecule has 2 atom stereocenters. The third kappa shape index (κ3) is 4.88. The molecule has 1 rings (SSSR count). The minimum absolute atomic E-state index is 0.0141. The zero-order valence-corrected chi connectivity index (χ0v) is 13.2. The monoisotopic (exact) mass is 307 g/mol.